The first-order chi connectivity index (χ1) is 11.7. The van der Waals surface area contributed by atoms with Gasteiger partial charge in [-0.25, -0.2) is 0 Å². The summed E-state index contributed by atoms with van der Waals surface area (Å²) in [5, 5.41) is 3.35. The third-order valence-electron chi connectivity index (χ3n) is 4.02. The van der Waals surface area contributed by atoms with Crippen molar-refractivity contribution in [1.82, 2.24) is 10.2 Å². The summed E-state index contributed by atoms with van der Waals surface area (Å²) < 4.78 is 18.0. The number of halogens is 1. The maximum atomic E-state index is 12.3. The Balaban J connectivity index is 0.00000312. The first-order valence-electron chi connectivity index (χ1n) is 8.82. The van der Waals surface area contributed by atoms with Crippen molar-refractivity contribution in [2.75, 3.05) is 38.5 Å². The molecule has 5 nitrogen and oxygen atoms in total. The Labute approximate surface area is 171 Å². The predicted molar refractivity (Wildman–Crippen MR) is 115 cm³/mol. The molecule has 0 radical (unpaired) electrons. The Morgan fingerprint density at radius 2 is 1.96 bits per heavy atom. The molecule has 0 amide bonds. The van der Waals surface area contributed by atoms with Gasteiger partial charge in [0.2, 0.25) is 0 Å². The summed E-state index contributed by atoms with van der Waals surface area (Å²) in [4.78, 5) is 7.82. The van der Waals surface area contributed by atoms with Gasteiger partial charge in [0.25, 0.3) is 0 Å². The molecule has 0 aliphatic carbocycles. The Bertz CT molecular complexity index is 534. The molecule has 0 bridgehead atoms. The zero-order valence-corrected chi connectivity index (χ0v) is 18.3. The van der Waals surface area contributed by atoms with Gasteiger partial charge < -0.3 is 15.0 Å². The van der Waals surface area contributed by atoms with Crippen LogP contribution in [-0.2, 0) is 15.5 Å². The fourth-order valence-corrected chi connectivity index (χ4v) is 3.77. The fraction of sp³-hybridized carbons (Fsp3) is 0.611. The van der Waals surface area contributed by atoms with Crippen molar-refractivity contribution in [2.45, 2.75) is 37.7 Å². The van der Waals surface area contributed by atoms with Crippen molar-refractivity contribution < 1.29 is 8.95 Å². The van der Waals surface area contributed by atoms with E-state index in [4.69, 9.17) is 4.74 Å². The van der Waals surface area contributed by atoms with Crippen molar-refractivity contribution in [3.8, 4) is 0 Å². The zero-order valence-electron chi connectivity index (χ0n) is 15.1. The Morgan fingerprint density at radius 3 is 2.56 bits per heavy atom. The highest BCUT2D eigenvalue weighted by atomic mass is 127. The Morgan fingerprint density at radius 1 is 1.28 bits per heavy atom. The lowest BCUT2D eigenvalue weighted by atomic mass is 10.1. The monoisotopic (exact) mass is 479 g/mol. The van der Waals surface area contributed by atoms with Crippen molar-refractivity contribution in [1.29, 1.82) is 0 Å². The second-order valence-electron chi connectivity index (χ2n) is 5.74. The Hall–Kier alpha value is -0.670. The molecule has 1 aromatic rings. The van der Waals surface area contributed by atoms with E-state index in [0.717, 1.165) is 49.9 Å². The van der Waals surface area contributed by atoms with Crippen LogP contribution < -0.4 is 5.32 Å². The molecule has 1 unspecified atom stereocenters. The van der Waals surface area contributed by atoms with Gasteiger partial charge >= 0.3 is 0 Å². The number of hydrogen-bond donors (Lipinski definition) is 1. The Kier molecular flexibility index (Phi) is 11.3. The average molecular weight is 479 g/mol. The molecule has 1 fully saturated rings. The second-order valence-corrected chi connectivity index (χ2v) is 7.31. The van der Waals surface area contributed by atoms with Gasteiger partial charge in [0, 0.05) is 36.9 Å². The van der Waals surface area contributed by atoms with Gasteiger partial charge in [0.05, 0.1) is 23.4 Å². The number of nitrogens with zero attached hydrogens (tertiary/aromatic N) is 2. The minimum absolute atomic E-state index is 0. The fourth-order valence-electron chi connectivity index (χ4n) is 2.82. The van der Waals surface area contributed by atoms with E-state index in [0.29, 0.717) is 18.4 Å². The maximum Gasteiger partial charge on any atom is 0.193 e. The molecule has 1 aliphatic rings. The highest BCUT2D eigenvalue weighted by Crippen LogP contribution is 2.14. The van der Waals surface area contributed by atoms with E-state index in [2.05, 4.69) is 22.1 Å². The van der Waals surface area contributed by atoms with Gasteiger partial charge in [-0.1, -0.05) is 18.2 Å². The van der Waals surface area contributed by atoms with Crippen LogP contribution in [0.2, 0.25) is 0 Å². The van der Waals surface area contributed by atoms with Crippen LogP contribution in [0.1, 0.15) is 26.7 Å². The first kappa shape index (κ1) is 22.4. The highest BCUT2D eigenvalue weighted by Gasteiger charge is 2.21. The summed E-state index contributed by atoms with van der Waals surface area (Å²) >= 11 is 0. The van der Waals surface area contributed by atoms with Crippen LogP contribution in [0.4, 0.5) is 0 Å². The number of ether oxygens (including phenoxy) is 1. The predicted octanol–water partition coefficient (Wildman–Crippen LogP) is 2.88. The van der Waals surface area contributed by atoms with Crippen LogP contribution in [-0.4, -0.2) is 59.7 Å². The van der Waals surface area contributed by atoms with E-state index < -0.39 is 10.8 Å². The van der Waals surface area contributed by atoms with E-state index in [1.807, 2.05) is 37.3 Å². The van der Waals surface area contributed by atoms with Crippen molar-refractivity contribution in [2.24, 2.45) is 4.99 Å². The number of likely N-dealkylation sites (tertiary alicyclic amines) is 1. The number of benzene rings is 1. The number of guanidine groups is 1. The number of aliphatic imine (C=N–C) groups is 1. The summed E-state index contributed by atoms with van der Waals surface area (Å²) in [6.45, 7) is 8.22. The smallest absolute Gasteiger partial charge is 0.193 e. The summed E-state index contributed by atoms with van der Waals surface area (Å²) in [5.74, 6) is 1.48. The quantitative estimate of drug-likeness (QED) is 0.371. The minimum atomic E-state index is -0.990. The maximum absolute atomic E-state index is 12.3. The molecule has 142 valence electrons. The molecule has 1 atom stereocenters. The van der Waals surface area contributed by atoms with Gasteiger partial charge in [-0.3, -0.25) is 9.20 Å². The van der Waals surface area contributed by atoms with E-state index in [1.54, 1.807) is 0 Å². The molecule has 0 spiro atoms. The number of nitrogens with one attached hydrogen (secondary N) is 1. The first-order valence-corrected chi connectivity index (χ1v) is 10.1. The topological polar surface area (TPSA) is 53.9 Å². The lowest BCUT2D eigenvalue weighted by molar-refractivity contribution is 0.0264. The molecule has 7 heteroatoms. The lowest BCUT2D eigenvalue weighted by Crippen LogP contribution is -2.47. The molecule has 0 saturated carbocycles. The van der Waals surface area contributed by atoms with Crippen LogP contribution in [0.25, 0.3) is 0 Å². The number of rotatable bonds is 7. The molecular formula is C18H30IN3O2S. The standard InChI is InChI=1S/C18H29N3O2S.HI/c1-3-19-18(21-13-10-16(11-14-21)23-4-2)20-12-15-24(22)17-8-6-5-7-9-17;/h5-9,16H,3-4,10-15H2,1-2H3,(H,19,20);1H. The SMILES string of the molecule is CCNC(=NCCS(=O)c1ccccc1)N1CCC(OCC)CC1.I. The molecule has 1 N–H and O–H groups in total. The molecule has 1 aromatic carbocycles. The van der Waals surface area contributed by atoms with Crippen LogP contribution in [0.5, 0.6) is 0 Å². The van der Waals surface area contributed by atoms with Gasteiger partial charge in [-0.2, -0.15) is 0 Å². The summed E-state index contributed by atoms with van der Waals surface area (Å²) in [6, 6.07) is 9.59. The lowest BCUT2D eigenvalue weighted by Gasteiger charge is -2.34. The number of piperidine rings is 1. The van der Waals surface area contributed by atoms with Crippen molar-refractivity contribution in [3.63, 3.8) is 0 Å². The summed E-state index contributed by atoms with van der Waals surface area (Å²) in [5.41, 5.74) is 0. The van der Waals surface area contributed by atoms with Crippen LogP contribution in [0.3, 0.4) is 0 Å². The van der Waals surface area contributed by atoms with E-state index in [9.17, 15) is 4.21 Å². The molecular weight excluding hydrogens is 449 g/mol. The van der Waals surface area contributed by atoms with Gasteiger partial charge in [-0.15, -0.1) is 24.0 Å². The van der Waals surface area contributed by atoms with Gasteiger partial charge in [-0.05, 0) is 38.8 Å². The molecule has 1 aliphatic heterocycles. The molecule has 1 heterocycles. The number of hydrogen-bond acceptors (Lipinski definition) is 3. The largest absolute Gasteiger partial charge is 0.378 e. The second kappa shape index (κ2) is 12.6. The third kappa shape index (κ3) is 7.62. The molecule has 25 heavy (non-hydrogen) atoms. The zero-order chi connectivity index (χ0) is 17.2. The average Bonchev–Trinajstić information content (AvgIpc) is 2.62. The minimum Gasteiger partial charge on any atom is -0.378 e. The van der Waals surface area contributed by atoms with E-state index in [-0.39, 0.29) is 24.0 Å². The normalized spacial score (nSPS) is 17.0. The molecule has 0 aromatic heterocycles. The molecule has 2 rings (SSSR count). The summed E-state index contributed by atoms with van der Waals surface area (Å²) in [6.07, 6.45) is 2.45. The highest BCUT2D eigenvalue weighted by molar-refractivity contribution is 14.0. The van der Waals surface area contributed by atoms with Gasteiger partial charge in [0.1, 0.15) is 0 Å². The van der Waals surface area contributed by atoms with E-state index in [1.165, 1.54) is 0 Å². The molecule has 1 saturated heterocycles. The van der Waals surface area contributed by atoms with Crippen LogP contribution >= 0.6 is 24.0 Å². The van der Waals surface area contributed by atoms with Crippen LogP contribution in [0, 0.1) is 0 Å². The van der Waals surface area contributed by atoms with Crippen LogP contribution in [0.15, 0.2) is 40.2 Å². The third-order valence-corrected chi connectivity index (χ3v) is 5.37. The summed E-state index contributed by atoms with van der Waals surface area (Å²) in [7, 11) is -0.990. The van der Waals surface area contributed by atoms with Gasteiger partial charge in [0.15, 0.2) is 5.96 Å². The van der Waals surface area contributed by atoms with E-state index >= 15 is 0 Å². The van der Waals surface area contributed by atoms with Crippen molar-refractivity contribution in [3.05, 3.63) is 30.3 Å². The van der Waals surface area contributed by atoms with Crippen molar-refractivity contribution >= 4 is 40.7 Å².